The van der Waals surface area contributed by atoms with Crippen LogP contribution in [0.1, 0.15) is 62.4 Å². The second-order valence-corrected chi connectivity index (χ2v) is 8.40. The number of carbonyl (C=O) groups is 1. The van der Waals surface area contributed by atoms with Crippen LogP contribution in [0.3, 0.4) is 0 Å². The Hall–Kier alpha value is -2.14. The third-order valence-corrected chi connectivity index (χ3v) is 5.80. The van der Waals surface area contributed by atoms with Gasteiger partial charge in [0.05, 0.1) is 5.60 Å². The third-order valence-electron chi connectivity index (χ3n) is 5.80. The number of rotatable bonds is 5. The fourth-order valence-corrected chi connectivity index (χ4v) is 4.39. The number of imidazole rings is 1. The highest BCUT2D eigenvalue weighted by Gasteiger charge is 2.32. The fourth-order valence-electron chi connectivity index (χ4n) is 4.39. The van der Waals surface area contributed by atoms with Crippen LogP contribution >= 0.6 is 0 Å². The van der Waals surface area contributed by atoms with Crippen molar-refractivity contribution in [3.8, 4) is 0 Å². The van der Waals surface area contributed by atoms with Gasteiger partial charge < -0.3 is 14.2 Å². The Bertz CT molecular complexity index is 811. The fraction of sp³-hybridized carbons (Fsp3) is 0.545. The van der Waals surface area contributed by atoms with E-state index in [1.54, 1.807) is 0 Å². The first kappa shape index (κ1) is 18.2. The number of hydrogen-bond acceptors (Lipinski definition) is 3. The summed E-state index contributed by atoms with van der Waals surface area (Å²) in [7, 11) is 0. The van der Waals surface area contributed by atoms with E-state index in [1.807, 2.05) is 11.1 Å². The lowest BCUT2D eigenvalue weighted by molar-refractivity contribution is -0.128. The molecule has 27 heavy (non-hydrogen) atoms. The van der Waals surface area contributed by atoms with Gasteiger partial charge in [-0.1, -0.05) is 24.3 Å². The molecule has 0 aliphatic carbocycles. The molecule has 3 heterocycles. The summed E-state index contributed by atoms with van der Waals surface area (Å²) >= 11 is 0. The monoisotopic (exact) mass is 367 g/mol. The van der Waals surface area contributed by atoms with Gasteiger partial charge in [-0.05, 0) is 44.2 Å². The molecule has 0 spiro atoms. The van der Waals surface area contributed by atoms with E-state index in [0.717, 1.165) is 44.8 Å². The second-order valence-electron chi connectivity index (χ2n) is 8.40. The normalized spacial score (nSPS) is 22.4. The van der Waals surface area contributed by atoms with Gasteiger partial charge in [0.15, 0.2) is 0 Å². The van der Waals surface area contributed by atoms with E-state index in [0.29, 0.717) is 18.9 Å². The summed E-state index contributed by atoms with van der Waals surface area (Å²) in [6, 6.07) is 8.47. The van der Waals surface area contributed by atoms with Gasteiger partial charge in [-0.2, -0.15) is 0 Å². The number of likely N-dealkylation sites (tertiary alicyclic amines) is 1. The molecule has 2 aromatic rings. The Morgan fingerprint density at radius 1 is 1.22 bits per heavy atom. The lowest BCUT2D eigenvalue weighted by atomic mass is 9.87. The highest BCUT2D eigenvalue weighted by Crippen LogP contribution is 2.35. The van der Waals surface area contributed by atoms with E-state index < -0.39 is 0 Å². The SMILES string of the molecule is CC1(C)CC(c2nccn2Cc2ccccc2CN2CCCC2=O)CCO1. The van der Waals surface area contributed by atoms with Crippen LogP contribution in [-0.4, -0.2) is 39.1 Å². The molecule has 1 aromatic carbocycles. The van der Waals surface area contributed by atoms with Crippen molar-refractivity contribution in [1.29, 1.82) is 0 Å². The van der Waals surface area contributed by atoms with E-state index in [1.165, 1.54) is 11.1 Å². The molecule has 0 radical (unpaired) electrons. The zero-order valence-corrected chi connectivity index (χ0v) is 16.4. The molecular weight excluding hydrogens is 338 g/mol. The Kier molecular flexibility index (Phi) is 5.04. The Labute approximate surface area is 161 Å². The predicted octanol–water partition coefficient (Wildman–Crippen LogP) is 3.73. The first-order chi connectivity index (χ1) is 13.0. The molecule has 144 valence electrons. The minimum atomic E-state index is -0.0896. The first-order valence-corrected chi connectivity index (χ1v) is 10.0. The number of aromatic nitrogens is 2. The van der Waals surface area contributed by atoms with Crippen LogP contribution in [0.25, 0.3) is 0 Å². The van der Waals surface area contributed by atoms with Gasteiger partial charge in [0.25, 0.3) is 0 Å². The lowest BCUT2D eigenvalue weighted by Crippen LogP contribution is -2.34. The average Bonchev–Trinajstić information content (AvgIpc) is 3.25. The molecule has 1 unspecified atom stereocenters. The predicted molar refractivity (Wildman–Crippen MR) is 104 cm³/mol. The maximum atomic E-state index is 12.0. The summed E-state index contributed by atoms with van der Waals surface area (Å²) in [6.07, 6.45) is 7.66. The van der Waals surface area contributed by atoms with Crippen molar-refractivity contribution in [3.05, 3.63) is 53.6 Å². The highest BCUT2D eigenvalue weighted by molar-refractivity contribution is 5.78. The number of nitrogens with zero attached hydrogens (tertiary/aromatic N) is 3. The molecule has 0 bridgehead atoms. The molecule has 1 amide bonds. The van der Waals surface area contributed by atoms with E-state index in [2.05, 4.69) is 53.9 Å². The largest absolute Gasteiger partial charge is 0.376 e. The summed E-state index contributed by atoms with van der Waals surface area (Å²) in [5.74, 6) is 1.85. The minimum Gasteiger partial charge on any atom is -0.376 e. The van der Waals surface area contributed by atoms with Gasteiger partial charge in [0.2, 0.25) is 5.91 Å². The Morgan fingerprint density at radius 2 is 2.00 bits per heavy atom. The van der Waals surface area contributed by atoms with Crippen molar-refractivity contribution in [2.45, 2.75) is 64.1 Å². The number of hydrogen-bond donors (Lipinski definition) is 0. The maximum Gasteiger partial charge on any atom is 0.222 e. The van der Waals surface area contributed by atoms with Crippen molar-refractivity contribution in [1.82, 2.24) is 14.5 Å². The third kappa shape index (κ3) is 4.08. The van der Waals surface area contributed by atoms with E-state index in [9.17, 15) is 4.79 Å². The number of ether oxygens (including phenoxy) is 1. The topological polar surface area (TPSA) is 47.4 Å². The summed E-state index contributed by atoms with van der Waals surface area (Å²) in [5.41, 5.74) is 2.41. The van der Waals surface area contributed by atoms with Gasteiger partial charge in [0.1, 0.15) is 5.82 Å². The highest BCUT2D eigenvalue weighted by atomic mass is 16.5. The molecule has 2 saturated heterocycles. The van der Waals surface area contributed by atoms with E-state index in [4.69, 9.17) is 4.74 Å². The van der Waals surface area contributed by atoms with Crippen LogP contribution in [0.4, 0.5) is 0 Å². The summed E-state index contributed by atoms with van der Waals surface area (Å²) in [4.78, 5) is 18.7. The molecule has 1 atom stereocenters. The van der Waals surface area contributed by atoms with Gasteiger partial charge in [-0.3, -0.25) is 4.79 Å². The quantitative estimate of drug-likeness (QED) is 0.809. The van der Waals surface area contributed by atoms with Gasteiger partial charge in [0, 0.05) is 51.0 Å². The zero-order valence-electron chi connectivity index (χ0n) is 16.4. The standard InChI is InChI=1S/C22H29N3O2/c1-22(2)14-17(9-13-27-22)21-23-10-12-25(21)16-19-7-4-3-6-18(19)15-24-11-5-8-20(24)26/h3-4,6-7,10,12,17H,5,8-9,11,13-16H2,1-2H3. The second kappa shape index (κ2) is 7.47. The van der Waals surface area contributed by atoms with Crippen LogP contribution in [0.5, 0.6) is 0 Å². The van der Waals surface area contributed by atoms with Crippen molar-refractivity contribution in [2.24, 2.45) is 0 Å². The molecular formula is C22H29N3O2. The van der Waals surface area contributed by atoms with E-state index >= 15 is 0 Å². The van der Waals surface area contributed by atoms with Crippen LogP contribution in [0.2, 0.25) is 0 Å². The summed E-state index contributed by atoms with van der Waals surface area (Å²) in [5, 5.41) is 0. The van der Waals surface area contributed by atoms with Crippen molar-refractivity contribution in [2.75, 3.05) is 13.2 Å². The minimum absolute atomic E-state index is 0.0896. The molecule has 4 rings (SSSR count). The number of amides is 1. The summed E-state index contributed by atoms with van der Waals surface area (Å²) < 4.78 is 8.16. The maximum absolute atomic E-state index is 12.0. The Morgan fingerprint density at radius 3 is 2.70 bits per heavy atom. The molecule has 1 aromatic heterocycles. The van der Waals surface area contributed by atoms with Crippen molar-refractivity contribution >= 4 is 5.91 Å². The molecule has 2 aliphatic heterocycles. The molecule has 2 fully saturated rings. The average molecular weight is 367 g/mol. The zero-order chi connectivity index (χ0) is 18.9. The van der Waals surface area contributed by atoms with Crippen molar-refractivity contribution < 1.29 is 9.53 Å². The van der Waals surface area contributed by atoms with E-state index in [-0.39, 0.29) is 11.5 Å². The Balaban J connectivity index is 1.54. The van der Waals surface area contributed by atoms with Gasteiger partial charge in [-0.15, -0.1) is 0 Å². The molecule has 2 aliphatic rings. The molecule has 5 nitrogen and oxygen atoms in total. The van der Waals surface area contributed by atoms with Crippen LogP contribution in [0.15, 0.2) is 36.7 Å². The molecule has 0 N–H and O–H groups in total. The molecule has 5 heteroatoms. The van der Waals surface area contributed by atoms with Crippen LogP contribution < -0.4 is 0 Å². The smallest absolute Gasteiger partial charge is 0.222 e. The number of benzene rings is 1. The van der Waals surface area contributed by atoms with Crippen LogP contribution in [0, 0.1) is 0 Å². The molecule has 0 saturated carbocycles. The van der Waals surface area contributed by atoms with Crippen molar-refractivity contribution in [3.63, 3.8) is 0 Å². The van der Waals surface area contributed by atoms with Crippen LogP contribution in [-0.2, 0) is 22.6 Å². The summed E-state index contributed by atoms with van der Waals surface area (Å²) in [6.45, 7) is 7.50. The lowest BCUT2D eigenvalue weighted by Gasteiger charge is -2.35. The number of carbonyl (C=O) groups excluding carboxylic acids is 1. The van der Waals surface area contributed by atoms with Gasteiger partial charge in [-0.25, -0.2) is 4.98 Å². The first-order valence-electron chi connectivity index (χ1n) is 10.0. The van der Waals surface area contributed by atoms with Gasteiger partial charge >= 0.3 is 0 Å².